The summed E-state index contributed by atoms with van der Waals surface area (Å²) in [6, 6.07) is 9.14. The highest BCUT2D eigenvalue weighted by molar-refractivity contribution is 8.13. The van der Waals surface area contributed by atoms with Crippen molar-refractivity contribution in [1.82, 2.24) is 5.32 Å². The molecule has 1 aliphatic heterocycles. The number of aryl methyl sites for hydroxylation is 1. The zero-order valence-electron chi connectivity index (χ0n) is 9.86. The molecule has 0 amide bonds. The lowest BCUT2D eigenvalue weighted by atomic mass is 10.1. The smallest absolute Gasteiger partial charge is 0.157 e. The van der Waals surface area contributed by atoms with Crippen molar-refractivity contribution < 1.29 is 0 Å². The monoisotopic (exact) mass is 234 g/mol. The Bertz CT molecular complexity index is 370. The lowest BCUT2D eigenvalue weighted by molar-refractivity contribution is 0.642. The molecule has 1 unspecified atom stereocenters. The van der Waals surface area contributed by atoms with Gasteiger partial charge in [-0.15, -0.1) is 0 Å². The second-order valence-electron chi connectivity index (χ2n) is 4.29. The molecular weight excluding hydrogens is 216 g/mol. The van der Waals surface area contributed by atoms with E-state index in [1.54, 1.807) is 0 Å². The van der Waals surface area contributed by atoms with Gasteiger partial charge in [-0.1, -0.05) is 41.6 Å². The van der Waals surface area contributed by atoms with Gasteiger partial charge in [0.1, 0.15) is 0 Å². The predicted octanol–water partition coefficient (Wildman–Crippen LogP) is 2.97. The highest BCUT2D eigenvalue weighted by atomic mass is 32.2. The molecule has 1 N–H and O–H groups in total. The highest BCUT2D eigenvalue weighted by Crippen LogP contribution is 2.14. The fourth-order valence-electron chi connectivity index (χ4n) is 1.60. The van der Waals surface area contributed by atoms with Crippen LogP contribution in [-0.4, -0.2) is 17.0 Å². The van der Waals surface area contributed by atoms with Gasteiger partial charge in [-0.2, -0.15) is 0 Å². The van der Waals surface area contributed by atoms with Crippen LogP contribution in [0.1, 0.15) is 24.5 Å². The Morgan fingerprint density at radius 1 is 1.38 bits per heavy atom. The van der Waals surface area contributed by atoms with E-state index < -0.39 is 0 Å². The fourth-order valence-corrected chi connectivity index (χ4v) is 2.71. The van der Waals surface area contributed by atoms with Crippen LogP contribution in [0.15, 0.2) is 29.3 Å². The zero-order chi connectivity index (χ0) is 11.4. The zero-order valence-corrected chi connectivity index (χ0v) is 10.7. The molecule has 1 fully saturated rings. The maximum absolute atomic E-state index is 4.60. The standard InChI is InChI=1S/C13H18N2S/c1-10-3-5-12(6-4-10)9-14-13-15-11(2)7-8-16-13/h3-6,11H,7-9H2,1-2H3,(H,14,15). The summed E-state index contributed by atoms with van der Waals surface area (Å²) in [5, 5.41) is 4.51. The van der Waals surface area contributed by atoms with Gasteiger partial charge in [0, 0.05) is 11.8 Å². The van der Waals surface area contributed by atoms with Crippen LogP contribution in [0.3, 0.4) is 0 Å². The first-order chi connectivity index (χ1) is 7.74. The van der Waals surface area contributed by atoms with Crippen LogP contribution in [0.5, 0.6) is 0 Å². The van der Waals surface area contributed by atoms with Crippen LogP contribution < -0.4 is 5.32 Å². The molecule has 16 heavy (non-hydrogen) atoms. The summed E-state index contributed by atoms with van der Waals surface area (Å²) >= 11 is 1.83. The van der Waals surface area contributed by atoms with Gasteiger partial charge in [0.15, 0.2) is 5.17 Å². The summed E-state index contributed by atoms with van der Waals surface area (Å²) in [7, 11) is 0. The van der Waals surface area contributed by atoms with Crippen molar-refractivity contribution in [3.63, 3.8) is 0 Å². The number of hydrogen-bond donors (Lipinski definition) is 1. The second-order valence-corrected chi connectivity index (χ2v) is 5.37. The Morgan fingerprint density at radius 3 is 2.81 bits per heavy atom. The van der Waals surface area contributed by atoms with Gasteiger partial charge in [0.05, 0.1) is 6.54 Å². The lowest BCUT2D eigenvalue weighted by Gasteiger charge is -2.21. The Balaban J connectivity index is 1.95. The van der Waals surface area contributed by atoms with Crippen LogP contribution in [0.4, 0.5) is 0 Å². The van der Waals surface area contributed by atoms with Gasteiger partial charge in [-0.25, -0.2) is 0 Å². The Kier molecular flexibility index (Phi) is 3.88. The Hall–Kier alpha value is -0.960. The van der Waals surface area contributed by atoms with Crippen molar-refractivity contribution in [3.8, 4) is 0 Å². The minimum atomic E-state index is 0.568. The lowest BCUT2D eigenvalue weighted by Crippen LogP contribution is -2.35. The van der Waals surface area contributed by atoms with Crippen molar-refractivity contribution in [3.05, 3.63) is 35.4 Å². The number of rotatable bonds is 2. The molecule has 0 radical (unpaired) electrons. The summed E-state index contributed by atoms with van der Waals surface area (Å²) in [6.07, 6.45) is 1.23. The molecule has 1 atom stereocenters. The second kappa shape index (κ2) is 5.39. The van der Waals surface area contributed by atoms with E-state index in [2.05, 4.69) is 48.4 Å². The molecule has 1 heterocycles. The number of aliphatic imine (C=N–C) groups is 1. The Morgan fingerprint density at radius 2 is 2.12 bits per heavy atom. The highest BCUT2D eigenvalue weighted by Gasteiger charge is 2.12. The molecule has 0 spiro atoms. The molecule has 0 bridgehead atoms. The molecule has 86 valence electrons. The van der Waals surface area contributed by atoms with Crippen molar-refractivity contribution in [1.29, 1.82) is 0 Å². The molecule has 3 heteroatoms. The molecule has 1 saturated heterocycles. The molecule has 0 aromatic heterocycles. The van der Waals surface area contributed by atoms with Crippen LogP contribution in [0, 0.1) is 6.92 Å². The molecular formula is C13H18N2S. The maximum Gasteiger partial charge on any atom is 0.157 e. The minimum absolute atomic E-state index is 0.568. The molecule has 2 rings (SSSR count). The van der Waals surface area contributed by atoms with Crippen LogP contribution in [0.2, 0.25) is 0 Å². The van der Waals surface area contributed by atoms with Gasteiger partial charge >= 0.3 is 0 Å². The normalized spacial score (nSPS) is 23.1. The van der Waals surface area contributed by atoms with E-state index in [-0.39, 0.29) is 0 Å². The van der Waals surface area contributed by atoms with E-state index in [1.165, 1.54) is 23.3 Å². The summed E-state index contributed by atoms with van der Waals surface area (Å²) < 4.78 is 0. The summed E-state index contributed by atoms with van der Waals surface area (Å²) in [4.78, 5) is 4.60. The van der Waals surface area contributed by atoms with Crippen LogP contribution in [-0.2, 0) is 6.54 Å². The number of nitrogens with one attached hydrogen (secondary N) is 1. The van der Waals surface area contributed by atoms with E-state index in [1.807, 2.05) is 11.8 Å². The van der Waals surface area contributed by atoms with Crippen molar-refractivity contribution in [2.24, 2.45) is 4.99 Å². The molecule has 1 aromatic carbocycles. The number of nitrogens with zero attached hydrogens (tertiary/aromatic N) is 1. The van der Waals surface area contributed by atoms with Gasteiger partial charge in [0.2, 0.25) is 0 Å². The van der Waals surface area contributed by atoms with Crippen LogP contribution >= 0.6 is 11.8 Å². The molecule has 1 aliphatic rings. The van der Waals surface area contributed by atoms with E-state index in [0.717, 1.165) is 11.7 Å². The largest absolute Gasteiger partial charge is 0.362 e. The molecule has 1 aromatic rings. The number of hydrogen-bond acceptors (Lipinski definition) is 2. The summed E-state index contributed by atoms with van der Waals surface area (Å²) in [6.45, 7) is 5.10. The topological polar surface area (TPSA) is 24.4 Å². The number of thioether (sulfide) groups is 1. The van der Waals surface area contributed by atoms with Gasteiger partial charge < -0.3 is 5.32 Å². The van der Waals surface area contributed by atoms with E-state index in [0.29, 0.717) is 6.04 Å². The van der Waals surface area contributed by atoms with Crippen molar-refractivity contribution in [2.75, 3.05) is 5.75 Å². The number of amidine groups is 1. The van der Waals surface area contributed by atoms with E-state index >= 15 is 0 Å². The first-order valence-electron chi connectivity index (χ1n) is 5.73. The predicted molar refractivity (Wildman–Crippen MR) is 72.0 cm³/mol. The molecule has 2 nitrogen and oxygen atoms in total. The van der Waals surface area contributed by atoms with Crippen LogP contribution in [0.25, 0.3) is 0 Å². The van der Waals surface area contributed by atoms with Gasteiger partial charge in [-0.05, 0) is 25.8 Å². The third-order valence-corrected chi connectivity index (χ3v) is 3.65. The van der Waals surface area contributed by atoms with E-state index in [4.69, 9.17) is 0 Å². The first-order valence-corrected chi connectivity index (χ1v) is 6.72. The third kappa shape index (κ3) is 3.27. The van der Waals surface area contributed by atoms with Crippen molar-refractivity contribution in [2.45, 2.75) is 32.9 Å². The first kappa shape index (κ1) is 11.5. The Labute approximate surface area is 102 Å². The SMILES string of the molecule is Cc1ccc(CN=C2NC(C)CCS2)cc1. The molecule has 0 saturated carbocycles. The third-order valence-electron chi connectivity index (χ3n) is 2.69. The summed E-state index contributed by atoms with van der Waals surface area (Å²) in [5.41, 5.74) is 2.58. The number of benzene rings is 1. The average Bonchev–Trinajstić information content (AvgIpc) is 2.28. The molecule has 0 aliphatic carbocycles. The quantitative estimate of drug-likeness (QED) is 0.850. The van der Waals surface area contributed by atoms with Gasteiger partial charge in [-0.3, -0.25) is 4.99 Å². The minimum Gasteiger partial charge on any atom is -0.362 e. The average molecular weight is 234 g/mol. The maximum atomic E-state index is 4.60. The fraction of sp³-hybridized carbons (Fsp3) is 0.462. The summed E-state index contributed by atoms with van der Waals surface area (Å²) in [5.74, 6) is 1.18. The van der Waals surface area contributed by atoms with E-state index in [9.17, 15) is 0 Å². The van der Waals surface area contributed by atoms with Crippen molar-refractivity contribution >= 4 is 16.9 Å². The van der Waals surface area contributed by atoms with Gasteiger partial charge in [0.25, 0.3) is 0 Å².